The van der Waals surface area contributed by atoms with Gasteiger partial charge in [-0.1, -0.05) is 0 Å². The minimum atomic E-state index is 0. The Bertz CT molecular complexity index is 204. The Morgan fingerprint density at radius 1 is 1.50 bits per heavy atom. The maximum atomic E-state index is 4.22. The molecule has 68 valence electrons. The fourth-order valence-corrected chi connectivity index (χ4v) is 1.56. The Hall–Kier alpha value is -0.540. The van der Waals surface area contributed by atoms with Gasteiger partial charge in [0.25, 0.3) is 0 Å². The maximum absolute atomic E-state index is 4.22. The van der Waals surface area contributed by atoms with E-state index in [2.05, 4.69) is 10.4 Å². The first kappa shape index (κ1) is 9.55. The van der Waals surface area contributed by atoms with Crippen molar-refractivity contribution in [2.45, 2.75) is 18.9 Å². The van der Waals surface area contributed by atoms with Crippen LogP contribution in [-0.4, -0.2) is 22.9 Å². The molecule has 0 bridgehead atoms. The highest BCUT2D eigenvalue weighted by molar-refractivity contribution is 5.85. The number of nitrogens with one attached hydrogen (secondary N) is 1. The van der Waals surface area contributed by atoms with Crippen LogP contribution in [0.1, 0.15) is 18.9 Å². The molecule has 0 saturated carbocycles. The van der Waals surface area contributed by atoms with Gasteiger partial charge in [-0.15, -0.1) is 12.4 Å². The van der Waals surface area contributed by atoms with Crippen LogP contribution in [-0.2, 0) is 0 Å². The van der Waals surface area contributed by atoms with Gasteiger partial charge >= 0.3 is 0 Å². The third-order valence-corrected chi connectivity index (χ3v) is 2.17. The Morgan fingerprint density at radius 2 is 2.42 bits per heavy atom. The van der Waals surface area contributed by atoms with Crippen molar-refractivity contribution >= 4 is 12.4 Å². The molecule has 3 nitrogen and oxygen atoms in total. The lowest BCUT2D eigenvalue weighted by atomic mass is 10.1. The first-order valence-corrected chi connectivity index (χ1v) is 4.16. The lowest BCUT2D eigenvalue weighted by Crippen LogP contribution is -2.31. The fourth-order valence-electron chi connectivity index (χ4n) is 1.56. The van der Waals surface area contributed by atoms with Crippen LogP contribution in [0.25, 0.3) is 0 Å². The zero-order valence-electron chi connectivity index (χ0n) is 6.94. The molecule has 1 fully saturated rings. The molecule has 1 aromatic heterocycles. The SMILES string of the molecule is Cl.c1cnn([C@H]2CCCNC2)c1. The number of aromatic nitrogens is 2. The smallest absolute Gasteiger partial charge is 0.0644 e. The molecule has 1 N–H and O–H groups in total. The van der Waals surface area contributed by atoms with Gasteiger partial charge in [0, 0.05) is 18.9 Å². The molecule has 1 aliphatic rings. The highest BCUT2D eigenvalue weighted by atomic mass is 35.5. The van der Waals surface area contributed by atoms with Crippen molar-refractivity contribution in [1.29, 1.82) is 0 Å². The summed E-state index contributed by atoms with van der Waals surface area (Å²) in [5.41, 5.74) is 0. The van der Waals surface area contributed by atoms with Gasteiger partial charge in [0.15, 0.2) is 0 Å². The van der Waals surface area contributed by atoms with Crippen molar-refractivity contribution in [3.05, 3.63) is 18.5 Å². The van der Waals surface area contributed by atoms with Gasteiger partial charge in [-0.3, -0.25) is 4.68 Å². The third kappa shape index (κ3) is 1.99. The Morgan fingerprint density at radius 3 is 3.00 bits per heavy atom. The van der Waals surface area contributed by atoms with Gasteiger partial charge in [0.05, 0.1) is 6.04 Å². The summed E-state index contributed by atoms with van der Waals surface area (Å²) in [4.78, 5) is 0. The largest absolute Gasteiger partial charge is 0.315 e. The Labute approximate surface area is 78.6 Å². The van der Waals surface area contributed by atoms with Crippen LogP contribution in [0.3, 0.4) is 0 Å². The lowest BCUT2D eigenvalue weighted by Gasteiger charge is -2.22. The normalized spacial score (nSPS) is 23.2. The third-order valence-electron chi connectivity index (χ3n) is 2.17. The van der Waals surface area contributed by atoms with Crippen molar-refractivity contribution in [3.63, 3.8) is 0 Å². The fraction of sp³-hybridized carbons (Fsp3) is 0.625. The standard InChI is InChI=1S/C8H13N3.ClH/c1-3-8(7-9-4-1)11-6-2-5-10-11;/h2,5-6,8-9H,1,3-4,7H2;1H/t8-;/m0./s1. The molecule has 0 aromatic carbocycles. The van der Waals surface area contributed by atoms with Crippen molar-refractivity contribution in [3.8, 4) is 0 Å². The van der Waals surface area contributed by atoms with E-state index in [0.29, 0.717) is 6.04 Å². The van der Waals surface area contributed by atoms with E-state index in [-0.39, 0.29) is 12.4 Å². The minimum absolute atomic E-state index is 0. The molecule has 4 heteroatoms. The molecule has 1 saturated heterocycles. The van der Waals surface area contributed by atoms with Crippen LogP contribution in [0.4, 0.5) is 0 Å². The van der Waals surface area contributed by atoms with Crippen LogP contribution in [0.15, 0.2) is 18.5 Å². The summed E-state index contributed by atoms with van der Waals surface area (Å²) in [6.07, 6.45) is 6.41. The summed E-state index contributed by atoms with van der Waals surface area (Å²) in [6, 6.07) is 2.56. The number of hydrogen-bond donors (Lipinski definition) is 1. The van der Waals surface area contributed by atoms with E-state index in [0.717, 1.165) is 13.1 Å². The number of hydrogen-bond acceptors (Lipinski definition) is 2. The topological polar surface area (TPSA) is 29.9 Å². The summed E-state index contributed by atoms with van der Waals surface area (Å²) >= 11 is 0. The van der Waals surface area contributed by atoms with Crippen LogP contribution in [0.2, 0.25) is 0 Å². The van der Waals surface area contributed by atoms with Gasteiger partial charge in [-0.25, -0.2) is 0 Å². The minimum Gasteiger partial charge on any atom is -0.315 e. The first-order valence-electron chi connectivity index (χ1n) is 4.16. The molecule has 0 spiro atoms. The average Bonchev–Trinajstić information content (AvgIpc) is 2.58. The van der Waals surface area contributed by atoms with E-state index in [1.165, 1.54) is 12.8 Å². The first-order chi connectivity index (χ1) is 5.47. The molecule has 12 heavy (non-hydrogen) atoms. The summed E-state index contributed by atoms with van der Waals surface area (Å²) in [7, 11) is 0. The quantitative estimate of drug-likeness (QED) is 0.717. The molecule has 0 amide bonds. The molecule has 2 heterocycles. The van der Waals surface area contributed by atoms with Gasteiger partial charge < -0.3 is 5.32 Å². The van der Waals surface area contributed by atoms with Gasteiger partial charge in [0.2, 0.25) is 0 Å². The zero-order valence-corrected chi connectivity index (χ0v) is 7.76. The predicted octanol–water partition coefficient (Wildman–Crippen LogP) is 1.23. The molecular weight excluding hydrogens is 174 g/mol. The van der Waals surface area contributed by atoms with Crippen molar-refractivity contribution in [1.82, 2.24) is 15.1 Å². The van der Waals surface area contributed by atoms with E-state index in [9.17, 15) is 0 Å². The highest BCUT2D eigenvalue weighted by Crippen LogP contribution is 2.14. The van der Waals surface area contributed by atoms with E-state index in [1.807, 2.05) is 23.1 Å². The number of piperidine rings is 1. The van der Waals surface area contributed by atoms with Crippen LogP contribution >= 0.6 is 12.4 Å². The Balaban J connectivity index is 0.000000720. The summed E-state index contributed by atoms with van der Waals surface area (Å²) in [6.45, 7) is 2.24. The monoisotopic (exact) mass is 187 g/mol. The molecule has 0 unspecified atom stereocenters. The zero-order chi connectivity index (χ0) is 7.52. The molecule has 2 rings (SSSR count). The second-order valence-electron chi connectivity index (χ2n) is 2.99. The van der Waals surface area contributed by atoms with E-state index in [4.69, 9.17) is 0 Å². The van der Waals surface area contributed by atoms with Crippen LogP contribution in [0, 0.1) is 0 Å². The summed E-state index contributed by atoms with van der Waals surface area (Å²) < 4.78 is 2.05. The molecular formula is C8H14ClN3. The second kappa shape index (κ2) is 4.48. The highest BCUT2D eigenvalue weighted by Gasteiger charge is 2.13. The van der Waals surface area contributed by atoms with Crippen molar-refractivity contribution < 1.29 is 0 Å². The molecule has 1 aliphatic heterocycles. The number of nitrogens with zero attached hydrogens (tertiary/aromatic N) is 2. The van der Waals surface area contributed by atoms with E-state index >= 15 is 0 Å². The van der Waals surface area contributed by atoms with E-state index < -0.39 is 0 Å². The van der Waals surface area contributed by atoms with Crippen LogP contribution in [0.5, 0.6) is 0 Å². The lowest BCUT2D eigenvalue weighted by molar-refractivity contribution is 0.347. The molecule has 0 radical (unpaired) electrons. The second-order valence-corrected chi connectivity index (χ2v) is 2.99. The predicted molar refractivity (Wildman–Crippen MR) is 50.6 cm³/mol. The molecule has 1 atom stereocenters. The van der Waals surface area contributed by atoms with E-state index in [1.54, 1.807) is 0 Å². The van der Waals surface area contributed by atoms with Crippen LogP contribution < -0.4 is 5.32 Å². The number of halogens is 1. The van der Waals surface area contributed by atoms with Gasteiger partial charge in [0.1, 0.15) is 0 Å². The maximum Gasteiger partial charge on any atom is 0.0644 e. The summed E-state index contributed by atoms with van der Waals surface area (Å²) in [5.74, 6) is 0. The van der Waals surface area contributed by atoms with Crippen molar-refractivity contribution in [2.24, 2.45) is 0 Å². The van der Waals surface area contributed by atoms with Gasteiger partial charge in [-0.2, -0.15) is 5.10 Å². The summed E-state index contributed by atoms with van der Waals surface area (Å²) in [5, 5.41) is 7.58. The molecule has 0 aliphatic carbocycles. The van der Waals surface area contributed by atoms with Crippen molar-refractivity contribution in [2.75, 3.05) is 13.1 Å². The Kier molecular flexibility index (Phi) is 3.56. The van der Waals surface area contributed by atoms with Gasteiger partial charge in [-0.05, 0) is 25.5 Å². The number of rotatable bonds is 1. The average molecular weight is 188 g/mol. The molecule has 1 aromatic rings.